The fourth-order valence-corrected chi connectivity index (χ4v) is 1.53. The van der Waals surface area contributed by atoms with Gasteiger partial charge in [0.05, 0.1) is 6.33 Å². The van der Waals surface area contributed by atoms with Gasteiger partial charge in [0.25, 0.3) is 0 Å². The van der Waals surface area contributed by atoms with Crippen LogP contribution in [0.15, 0.2) is 12.7 Å². The lowest BCUT2D eigenvalue weighted by Gasteiger charge is -2.19. The van der Waals surface area contributed by atoms with Crippen molar-refractivity contribution in [3.8, 4) is 0 Å². The molecular formula is C11H15N5O2. The van der Waals surface area contributed by atoms with E-state index in [-0.39, 0.29) is 12.5 Å². The Bertz CT molecular complexity index is 585. The molecule has 0 radical (unpaired) electrons. The quantitative estimate of drug-likeness (QED) is 0.789. The molecule has 18 heavy (non-hydrogen) atoms. The van der Waals surface area contributed by atoms with E-state index in [0.29, 0.717) is 17.0 Å². The molecule has 0 fully saturated rings. The number of carbonyl (C=O) groups excluding carboxylic acids is 1. The van der Waals surface area contributed by atoms with Crippen LogP contribution in [0.3, 0.4) is 0 Å². The molecule has 0 unspecified atom stereocenters. The molecule has 0 bridgehead atoms. The summed E-state index contributed by atoms with van der Waals surface area (Å²) in [6.07, 6.45) is 2.84. The Morgan fingerprint density at radius 1 is 1.39 bits per heavy atom. The number of rotatable bonds is 2. The Hall–Kier alpha value is -2.18. The molecule has 0 saturated heterocycles. The van der Waals surface area contributed by atoms with Crippen LogP contribution in [0, 0.1) is 0 Å². The minimum atomic E-state index is -0.512. The highest BCUT2D eigenvalue weighted by atomic mass is 16.6. The molecule has 0 aliphatic rings. The third kappa shape index (κ3) is 2.55. The monoisotopic (exact) mass is 249 g/mol. The van der Waals surface area contributed by atoms with Crippen LogP contribution >= 0.6 is 0 Å². The van der Waals surface area contributed by atoms with Gasteiger partial charge in [0.1, 0.15) is 24.0 Å². The van der Waals surface area contributed by atoms with Crippen molar-refractivity contribution < 1.29 is 9.53 Å². The van der Waals surface area contributed by atoms with Crippen molar-refractivity contribution >= 4 is 23.0 Å². The lowest BCUT2D eigenvalue weighted by atomic mass is 10.2. The number of ether oxygens (including phenoxy) is 1. The van der Waals surface area contributed by atoms with E-state index in [4.69, 9.17) is 10.5 Å². The van der Waals surface area contributed by atoms with Crippen molar-refractivity contribution in [3.05, 3.63) is 12.7 Å². The fraction of sp³-hybridized carbons (Fsp3) is 0.455. The summed E-state index contributed by atoms with van der Waals surface area (Å²) in [5.41, 5.74) is 6.16. The number of hydrogen-bond acceptors (Lipinski definition) is 6. The first kappa shape index (κ1) is 12.3. The Morgan fingerprint density at radius 3 is 2.78 bits per heavy atom. The Balaban J connectivity index is 2.23. The number of nitrogens with zero attached hydrogens (tertiary/aromatic N) is 4. The second kappa shape index (κ2) is 4.25. The number of nitrogen functional groups attached to an aromatic ring is 1. The summed E-state index contributed by atoms with van der Waals surface area (Å²) in [5.74, 6) is -0.0538. The van der Waals surface area contributed by atoms with E-state index in [1.807, 2.05) is 20.8 Å². The number of fused-ring (bicyclic) bond motifs is 1. The zero-order valence-electron chi connectivity index (χ0n) is 10.5. The molecule has 0 spiro atoms. The summed E-state index contributed by atoms with van der Waals surface area (Å²) in [6, 6.07) is 0. The highest BCUT2D eigenvalue weighted by molar-refractivity contribution is 5.82. The molecule has 2 aromatic heterocycles. The first-order valence-electron chi connectivity index (χ1n) is 5.50. The molecule has 96 valence electrons. The van der Waals surface area contributed by atoms with Crippen LogP contribution in [0.2, 0.25) is 0 Å². The lowest BCUT2D eigenvalue weighted by Crippen LogP contribution is -2.26. The number of nitrogens with two attached hydrogens (primary N) is 1. The molecule has 0 aliphatic heterocycles. The summed E-state index contributed by atoms with van der Waals surface area (Å²) in [6.45, 7) is 5.50. The van der Waals surface area contributed by atoms with Gasteiger partial charge in [-0.25, -0.2) is 15.0 Å². The largest absolute Gasteiger partial charge is 0.459 e. The highest BCUT2D eigenvalue weighted by Crippen LogP contribution is 2.15. The molecule has 0 aromatic carbocycles. The van der Waals surface area contributed by atoms with Gasteiger partial charge in [-0.05, 0) is 20.8 Å². The van der Waals surface area contributed by atoms with Gasteiger partial charge in [0.2, 0.25) is 0 Å². The Kier molecular flexibility index (Phi) is 2.90. The number of anilines is 1. The average molecular weight is 249 g/mol. The van der Waals surface area contributed by atoms with Gasteiger partial charge in [-0.15, -0.1) is 0 Å². The SMILES string of the molecule is CC(C)(C)OC(=O)Cn1cnc2c(N)ncnc21. The zero-order valence-corrected chi connectivity index (χ0v) is 10.5. The summed E-state index contributed by atoms with van der Waals surface area (Å²) >= 11 is 0. The van der Waals surface area contributed by atoms with Crippen LogP contribution in [-0.4, -0.2) is 31.1 Å². The third-order valence-corrected chi connectivity index (χ3v) is 2.15. The second-order valence-electron chi connectivity index (χ2n) is 4.89. The van der Waals surface area contributed by atoms with E-state index in [1.54, 1.807) is 4.57 Å². The Labute approximate surface area is 104 Å². The van der Waals surface area contributed by atoms with Crippen LogP contribution in [0.25, 0.3) is 11.2 Å². The zero-order chi connectivity index (χ0) is 13.3. The van der Waals surface area contributed by atoms with E-state index < -0.39 is 5.60 Å². The smallest absolute Gasteiger partial charge is 0.326 e. The Morgan fingerprint density at radius 2 is 2.11 bits per heavy atom. The molecule has 0 saturated carbocycles. The molecular weight excluding hydrogens is 234 g/mol. The molecule has 7 nitrogen and oxygen atoms in total. The number of hydrogen-bond donors (Lipinski definition) is 1. The minimum absolute atomic E-state index is 0.0459. The van der Waals surface area contributed by atoms with E-state index >= 15 is 0 Å². The van der Waals surface area contributed by atoms with E-state index in [2.05, 4.69) is 15.0 Å². The first-order chi connectivity index (χ1) is 8.37. The van der Waals surface area contributed by atoms with E-state index in [9.17, 15) is 4.79 Å². The summed E-state index contributed by atoms with van der Waals surface area (Å²) in [5, 5.41) is 0. The molecule has 2 aromatic rings. The van der Waals surface area contributed by atoms with Crippen LogP contribution in [0.4, 0.5) is 5.82 Å². The van der Waals surface area contributed by atoms with Gasteiger partial charge in [0, 0.05) is 0 Å². The second-order valence-corrected chi connectivity index (χ2v) is 4.89. The molecule has 7 heteroatoms. The van der Waals surface area contributed by atoms with Crippen molar-refractivity contribution in [2.45, 2.75) is 32.9 Å². The van der Waals surface area contributed by atoms with Crippen LogP contribution < -0.4 is 5.73 Å². The maximum Gasteiger partial charge on any atom is 0.326 e. The molecule has 0 aliphatic carbocycles. The lowest BCUT2D eigenvalue weighted by molar-refractivity contribution is -0.155. The predicted molar refractivity (Wildman–Crippen MR) is 65.6 cm³/mol. The van der Waals surface area contributed by atoms with Gasteiger partial charge in [-0.3, -0.25) is 4.79 Å². The van der Waals surface area contributed by atoms with Gasteiger partial charge >= 0.3 is 5.97 Å². The van der Waals surface area contributed by atoms with Crippen molar-refractivity contribution in [2.24, 2.45) is 0 Å². The van der Waals surface area contributed by atoms with Crippen molar-refractivity contribution in [3.63, 3.8) is 0 Å². The third-order valence-electron chi connectivity index (χ3n) is 2.15. The topological polar surface area (TPSA) is 95.9 Å². The van der Waals surface area contributed by atoms with E-state index in [1.165, 1.54) is 12.7 Å². The summed E-state index contributed by atoms with van der Waals surface area (Å²) in [7, 11) is 0. The van der Waals surface area contributed by atoms with Crippen molar-refractivity contribution in [2.75, 3.05) is 5.73 Å². The van der Waals surface area contributed by atoms with Gasteiger partial charge in [-0.1, -0.05) is 0 Å². The number of esters is 1. The van der Waals surface area contributed by atoms with E-state index in [0.717, 1.165) is 0 Å². The van der Waals surface area contributed by atoms with Gasteiger partial charge < -0.3 is 15.0 Å². The highest BCUT2D eigenvalue weighted by Gasteiger charge is 2.18. The van der Waals surface area contributed by atoms with Crippen molar-refractivity contribution in [1.82, 2.24) is 19.5 Å². The normalized spacial score (nSPS) is 11.7. The molecule has 2 N–H and O–H groups in total. The molecule has 2 rings (SSSR count). The minimum Gasteiger partial charge on any atom is -0.459 e. The molecule has 0 amide bonds. The average Bonchev–Trinajstić information content (AvgIpc) is 2.60. The molecule has 0 atom stereocenters. The summed E-state index contributed by atoms with van der Waals surface area (Å²) in [4.78, 5) is 23.7. The fourth-order valence-electron chi connectivity index (χ4n) is 1.53. The first-order valence-corrected chi connectivity index (χ1v) is 5.50. The maximum absolute atomic E-state index is 11.7. The van der Waals surface area contributed by atoms with Crippen LogP contribution in [-0.2, 0) is 16.1 Å². The number of imidazole rings is 1. The number of aromatic nitrogens is 4. The molecule has 2 heterocycles. The van der Waals surface area contributed by atoms with Gasteiger partial charge in [-0.2, -0.15) is 0 Å². The number of carbonyl (C=O) groups is 1. The van der Waals surface area contributed by atoms with Gasteiger partial charge in [0.15, 0.2) is 11.5 Å². The van der Waals surface area contributed by atoms with Crippen molar-refractivity contribution in [1.29, 1.82) is 0 Å². The standard InChI is InChI=1S/C11H15N5O2/c1-11(2,3)18-7(17)4-16-6-15-8-9(12)13-5-14-10(8)16/h5-6H,4H2,1-3H3,(H2,12,13,14). The predicted octanol–water partition coefficient (Wildman–Crippen LogP) is 0.750. The van der Waals surface area contributed by atoms with Crippen LogP contribution in [0.5, 0.6) is 0 Å². The summed E-state index contributed by atoms with van der Waals surface area (Å²) < 4.78 is 6.81. The maximum atomic E-state index is 11.7. The van der Waals surface area contributed by atoms with Crippen LogP contribution in [0.1, 0.15) is 20.8 Å².